The monoisotopic (exact) mass is 816 g/mol. The molecule has 0 radical (unpaired) electrons. The van der Waals surface area contributed by atoms with Gasteiger partial charge in [-0.1, -0.05) is 27.0 Å². The van der Waals surface area contributed by atoms with Crippen LogP contribution in [0.3, 0.4) is 0 Å². The molecule has 0 atom stereocenters. The van der Waals surface area contributed by atoms with Crippen molar-refractivity contribution in [3.05, 3.63) is 145 Å². The molecule has 0 spiro atoms. The maximum absolute atomic E-state index is 12.8. The minimum atomic E-state index is -0.497. The molecular formula is C48H52N2O10. The Morgan fingerprint density at radius 2 is 0.767 bits per heavy atom. The van der Waals surface area contributed by atoms with E-state index < -0.39 is 23.9 Å². The maximum atomic E-state index is 12.8. The van der Waals surface area contributed by atoms with E-state index in [-0.39, 0.29) is 0 Å². The molecule has 0 unspecified atom stereocenters. The maximum Gasteiger partial charge on any atom is 0.343 e. The first kappa shape index (κ1) is 45.9. The molecule has 0 aromatic heterocycles. The quantitative estimate of drug-likeness (QED) is 0.0158. The molecule has 0 N–H and O–H groups in total. The molecule has 0 aliphatic heterocycles. The average Bonchev–Trinajstić information content (AvgIpc) is 3.28. The molecular weight excluding hydrogens is 765 g/mol. The van der Waals surface area contributed by atoms with Crippen LogP contribution in [-0.2, 0) is 19.1 Å². The summed E-state index contributed by atoms with van der Waals surface area (Å²) in [6, 6.07) is 27.8. The van der Waals surface area contributed by atoms with Crippen molar-refractivity contribution in [2.75, 3.05) is 26.4 Å². The molecule has 0 saturated heterocycles. The Kier molecular flexibility index (Phi) is 19.5. The van der Waals surface area contributed by atoms with Crippen molar-refractivity contribution in [3.8, 4) is 23.0 Å². The second-order valence-electron chi connectivity index (χ2n) is 13.2. The number of rotatable bonds is 25. The normalized spacial score (nSPS) is 11.2. The fourth-order valence-corrected chi connectivity index (χ4v) is 5.53. The van der Waals surface area contributed by atoms with Crippen LogP contribution >= 0.6 is 0 Å². The first-order valence-electron chi connectivity index (χ1n) is 20.1. The molecule has 314 valence electrons. The van der Waals surface area contributed by atoms with Crippen LogP contribution in [-0.4, -0.2) is 61.7 Å². The zero-order chi connectivity index (χ0) is 43.0. The van der Waals surface area contributed by atoms with Gasteiger partial charge >= 0.3 is 23.9 Å². The van der Waals surface area contributed by atoms with Crippen molar-refractivity contribution in [1.82, 2.24) is 0 Å². The fourth-order valence-electron chi connectivity index (χ4n) is 5.53. The zero-order valence-corrected chi connectivity index (χ0v) is 34.3. The van der Waals surface area contributed by atoms with E-state index in [4.69, 9.17) is 28.4 Å². The van der Waals surface area contributed by atoms with Gasteiger partial charge in [-0.05, 0) is 160 Å². The average molecular weight is 817 g/mol. The number of hydrogen-bond donors (Lipinski definition) is 0. The summed E-state index contributed by atoms with van der Waals surface area (Å²) in [4.78, 5) is 47.8. The van der Waals surface area contributed by atoms with Crippen molar-refractivity contribution in [1.29, 1.82) is 0 Å². The van der Waals surface area contributed by atoms with Gasteiger partial charge in [0.15, 0.2) is 0 Å². The number of hydrogen-bond acceptors (Lipinski definition) is 12. The van der Waals surface area contributed by atoms with Crippen molar-refractivity contribution >= 4 is 35.3 Å². The van der Waals surface area contributed by atoms with Gasteiger partial charge in [0, 0.05) is 12.2 Å². The van der Waals surface area contributed by atoms with Crippen LogP contribution in [0.2, 0.25) is 0 Å². The summed E-state index contributed by atoms with van der Waals surface area (Å²) in [5.74, 6) is 0.245. The summed E-state index contributed by atoms with van der Waals surface area (Å²) in [6.07, 6.45) is 8.43. The third kappa shape index (κ3) is 15.8. The third-order valence-electron chi connectivity index (χ3n) is 8.87. The summed E-state index contributed by atoms with van der Waals surface area (Å²) in [6.45, 7) is 12.4. The van der Waals surface area contributed by atoms with Crippen LogP contribution in [0.4, 0.5) is 0 Å². The first-order chi connectivity index (χ1) is 29.2. The highest BCUT2D eigenvalue weighted by Gasteiger charge is 2.12. The summed E-state index contributed by atoms with van der Waals surface area (Å²) in [7, 11) is 0. The molecule has 4 rings (SSSR count). The second-order valence-corrected chi connectivity index (χ2v) is 13.2. The van der Waals surface area contributed by atoms with Crippen LogP contribution in [0.5, 0.6) is 23.0 Å². The molecule has 4 aromatic carbocycles. The van der Waals surface area contributed by atoms with E-state index in [1.165, 1.54) is 0 Å². The van der Waals surface area contributed by atoms with Crippen LogP contribution in [0.1, 0.15) is 97.1 Å². The molecule has 0 aliphatic rings. The first-order valence-corrected chi connectivity index (χ1v) is 20.1. The van der Waals surface area contributed by atoms with E-state index in [1.807, 2.05) is 38.1 Å². The van der Waals surface area contributed by atoms with Gasteiger partial charge in [-0.2, -0.15) is 10.2 Å². The minimum Gasteiger partial charge on any atom is -0.494 e. The molecule has 0 saturated carbocycles. The van der Waals surface area contributed by atoms with Gasteiger partial charge in [0.05, 0.1) is 49.0 Å². The Bertz CT molecular complexity index is 2070. The molecule has 4 aromatic rings. The van der Waals surface area contributed by atoms with Gasteiger partial charge in [0.2, 0.25) is 0 Å². The fraction of sp³-hybridized carbons (Fsp3) is 0.292. The molecule has 60 heavy (non-hydrogen) atoms. The second kappa shape index (κ2) is 25.5. The van der Waals surface area contributed by atoms with Crippen LogP contribution in [0.15, 0.2) is 133 Å². The highest BCUT2D eigenvalue weighted by atomic mass is 16.5. The number of nitrogens with zero attached hydrogens (tertiary/aromatic N) is 2. The molecule has 0 aliphatic carbocycles. The van der Waals surface area contributed by atoms with Crippen LogP contribution in [0.25, 0.3) is 0 Å². The van der Waals surface area contributed by atoms with Crippen molar-refractivity contribution < 1.29 is 47.6 Å². The predicted octanol–water partition coefficient (Wildman–Crippen LogP) is 9.69. The summed E-state index contributed by atoms with van der Waals surface area (Å²) in [5, 5.41) is 9.13. The predicted molar refractivity (Wildman–Crippen MR) is 230 cm³/mol. The third-order valence-corrected chi connectivity index (χ3v) is 8.87. The van der Waals surface area contributed by atoms with E-state index in [1.54, 1.807) is 72.8 Å². The van der Waals surface area contributed by atoms with Gasteiger partial charge in [-0.3, -0.25) is 0 Å². The Morgan fingerprint density at radius 3 is 1.13 bits per heavy atom. The standard InChI is InChI=1S/C48H52N2O10/c1-5-43(35-15-27-41(28-16-35)59-47(53)37-19-23-39(24-20-37)55-31-11-9-10-12-33-57-45(51)7-3)49-50-44(6-2)36-17-29-42(30-18-36)60-48(54)38-21-25-40(26-22-38)56-32-13-14-34-58-46(52)8-4/h7-8,15-30H,3-6,9-14,31-34H2,1-2H3/b49-43+,50-44+. The Labute approximate surface area is 351 Å². The zero-order valence-electron chi connectivity index (χ0n) is 34.3. The molecule has 12 nitrogen and oxygen atoms in total. The van der Waals surface area contributed by atoms with Crippen molar-refractivity contribution in [3.63, 3.8) is 0 Å². The van der Waals surface area contributed by atoms with E-state index in [9.17, 15) is 19.2 Å². The van der Waals surface area contributed by atoms with Gasteiger partial charge in [-0.25, -0.2) is 19.2 Å². The molecule has 12 heteroatoms. The molecule has 0 fully saturated rings. The largest absolute Gasteiger partial charge is 0.494 e. The molecule has 0 bridgehead atoms. The van der Waals surface area contributed by atoms with E-state index in [2.05, 4.69) is 23.4 Å². The topological polar surface area (TPSA) is 148 Å². The lowest BCUT2D eigenvalue weighted by atomic mass is 10.1. The van der Waals surface area contributed by atoms with Gasteiger partial charge < -0.3 is 28.4 Å². The van der Waals surface area contributed by atoms with Gasteiger partial charge in [0.1, 0.15) is 23.0 Å². The van der Waals surface area contributed by atoms with Crippen molar-refractivity contribution in [2.24, 2.45) is 10.2 Å². The lowest BCUT2D eigenvalue weighted by Crippen LogP contribution is -2.09. The van der Waals surface area contributed by atoms with E-state index in [0.29, 0.717) is 86.2 Å². The summed E-state index contributed by atoms with van der Waals surface area (Å²) >= 11 is 0. The summed E-state index contributed by atoms with van der Waals surface area (Å²) < 4.78 is 32.6. The van der Waals surface area contributed by atoms with Gasteiger partial charge in [0.25, 0.3) is 0 Å². The minimum absolute atomic E-state index is 0.305. The molecule has 0 amide bonds. The lowest BCUT2D eigenvalue weighted by Gasteiger charge is -2.09. The highest BCUT2D eigenvalue weighted by Crippen LogP contribution is 2.21. The number of carbonyl (C=O) groups excluding carboxylic acids is 4. The Morgan fingerprint density at radius 1 is 0.450 bits per heavy atom. The summed E-state index contributed by atoms with van der Waals surface area (Å²) in [5.41, 5.74) is 3.99. The number of esters is 4. The molecule has 0 heterocycles. The van der Waals surface area contributed by atoms with E-state index in [0.717, 1.165) is 60.4 Å². The van der Waals surface area contributed by atoms with Gasteiger partial charge in [-0.15, -0.1) is 0 Å². The smallest absolute Gasteiger partial charge is 0.343 e. The Hall–Kier alpha value is -6.82. The Balaban J connectivity index is 1.22. The SMILES string of the molecule is C=CC(=O)OCCCCCCOc1ccc(C(=O)Oc2ccc(/C(CC)=N/N=C(\CC)c3ccc(OC(=O)c4ccc(OCCCCOC(=O)C=C)cc4)cc3)cc2)cc1. The van der Waals surface area contributed by atoms with Crippen LogP contribution in [0, 0.1) is 0 Å². The number of unbranched alkanes of at least 4 members (excludes halogenated alkanes) is 4. The highest BCUT2D eigenvalue weighted by molar-refractivity contribution is 6.03. The number of carbonyl (C=O) groups is 4. The van der Waals surface area contributed by atoms with Crippen LogP contribution < -0.4 is 18.9 Å². The number of benzene rings is 4. The lowest BCUT2D eigenvalue weighted by molar-refractivity contribution is -0.138. The number of ether oxygens (including phenoxy) is 6. The van der Waals surface area contributed by atoms with E-state index >= 15 is 0 Å². The van der Waals surface area contributed by atoms with Crippen molar-refractivity contribution in [2.45, 2.75) is 65.2 Å².